The highest BCUT2D eigenvalue weighted by atomic mass is 16.2. The Balaban J connectivity index is 2.28. The molecule has 0 aromatic heterocycles. The van der Waals surface area contributed by atoms with Gasteiger partial charge in [0.25, 0.3) is 0 Å². The molecule has 0 amide bonds. The lowest BCUT2D eigenvalue weighted by Gasteiger charge is -2.45. The van der Waals surface area contributed by atoms with E-state index >= 15 is 0 Å². The summed E-state index contributed by atoms with van der Waals surface area (Å²) >= 11 is 0. The van der Waals surface area contributed by atoms with E-state index in [0.29, 0.717) is 12.8 Å². The number of nitriles is 1. The number of ketones is 2. The second-order valence-corrected chi connectivity index (χ2v) is 5.51. The zero-order valence-electron chi connectivity index (χ0n) is 10.2. The van der Waals surface area contributed by atoms with Crippen LogP contribution >= 0.6 is 0 Å². The van der Waals surface area contributed by atoms with Crippen molar-refractivity contribution in [2.75, 3.05) is 0 Å². The van der Waals surface area contributed by atoms with Crippen LogP contribution in [0.15, 0.2) is 23.8 Å². The van der Waals surface area contributed by atoms with Crippen LogP contribution in [-0.2, 0) is 9.59 Å². The largest absolute Gasteiger partial charge is 0.298 e. The molecule has 0 heterocycles. The van der Waals surface area contributed by atoms with Crippen molar-refractivity contribution in [2.45, 2.75) is 38.5 Å². The number of nitrogens with zero attached hydrogens (tertiary/aromatic N) is 1. The maximum atomic E-state index is 12.4. The summed E-state index contributed by atoms with van der Waals surface area (Å²) in [6, 6.07) is 2.23. The molecule has 0 radical (unpaired) electrons. The third-order valence-electron chi connectivity index (χ3n) is 4.71. The van der Waals surface area contributed by atoms with Gasteiger partial charge in [-0.3, -0.25) is 9.59 Å². The van der Waals surface area contributed by atoms with Crippen molar-refractivity contribution < 1.29 is 9.59 Å². The van der Waals surface area contributed by atoms with E-state index in [-0.39, 0.29) is 18.0 Å². The van der Waals surface area contributed by atoms with Gasteiger partial charge < -0.3 is 0 Å². The van der Waals surface area contributed by atoms with E-state index in [1.165, 1.54) is 0 Å². The van der Waals surface area contributed by atoms with Crippen molar-refractivity contribution in [1.82, 2.24) is 0 Å². The monoisotopic (exact) mass is 241 g/mol. The molecule has 18 heavy (non-hydrogen) atoms. The van der Waals surface area contributed by atoms with Crippen molar-refractivity contribution in [2.24, 2.45) is 10.8 Å². The molecule has 3 rings (SSSR count). The van der Waals surface area contributed by atoms with E-state index in [9.17, 15) is 14.9 Å². The first-order valence-corrected chi connectivity index (χ1v) is 6.50. The molecule has 1 saturated carbocycles. The number of carbonyl (C=O) groups excluding carboxylic acids is 2. The van der Waals surface area contributed by atoms with E-state index in [0.717, 1.165) is 24.8 Å². The Morgan fingerprint density at radius 2 is 1.94 bits per heavy atom. The summed E-state index contributed by atoms with van der Waals surface area (Å²) in [5.74, 6) is -0.179. The van der Waals surface area contributed by atoms with Crippen LogP contribution in [0.4, 0.5) is 0 Å². The Labute approximate surface area is 106 Å². The van der Waals surface area contributed by atoms with Crippen molar-refractivity contribution in [3.05, 3.63) is 23.8 Å². The lowest BCUT2D eigenvalue weighted by Crippen LogP contribution is -2.50. The number of carbonyl (C=O) groups is 2. The lowest BCUT2D eigenvalue weighted by molar-refractivity contribution is -0.139. The third-order valence-corrected chi connectivity index (χ3v) is 4.71. The molecule has 3 heteroatoms. The lowest BCUT2D eigenvalue weighted by atomic mass is 9.53. The minimum absolute atomic E-state index is 0.0240. The van der Waals surface area contributed by atoms with Crippen molar-refractivity contribution in [3.8, 4) is 6.07 Å². The molecule has 0 aliphatic heterocycles. The number of hydrogen-bond donors (Lipinski definition) is 0. The first-order valence-electron chi connectivity index (χ1n) is 6.50. The van der Waals surface area contributed by atoms with Crippen molar-refractivity contribution in [3.63, 3.8) is 0 Å². The topological polar surface area (TPSA) is 57.9 Å². The number of allylic oxidation sites excluding steroid dienone is 4. The normalized spacial score (nSPS) is 38.5. The summed E-state index contributed by atoms with van der Waals surface area (Å²) < 4.78 is 0. The molecule has 3 nitrogen and oxygen atoms in total. The second-order valence-electron chi connectivity index (χ2n) is 5.51. The Morgan fingerprint density at radius 3 is 2.72 bits per heavy atom. The minimum Gasteiger partial charge on any atom is -0.298 e. The second kappa shape index (κ2) is 3.65. The van der Waals surface area contributed by atoms with Gasteiger partial charge in [-0.15, -0.1) is 0 Å². The zero-order valence-corrected chi connectivity index (χ0v) is 10.2. The molecule has 2 atom stereocenters. The molecule has 3 aliphatic rings. The molecule has 0 saturated heterocycles. The van der Waals surface area contributed by atoms with Crippen LogP contribution < -0.4 is 0 Å². The van der Waals surface area contributed by atoms with E-state index in [1.807, 2.05) is 18.2 Å². The first-order chi connectivity index (χ1) is 8.66. The zero-order chi connectivity index (χ0) is 12.8. The highest BCUT2D eigenvalue weighted by Crippen LogP contribution is 2.56. The van der Waals surface area contributed by atoms with Gasteiger partial charge in [0.2, 0.25) is 0 Å². The average molecular weight is 241 g/mol. The Morgan fingerprint density at radius 1 is 1.17 bits per heavy atom. The van der Waals surface area contributed by atoms with Crippen LogP contribution in [0.2, 0.25) is 0 Å². The van der Waals surface area contributed by atoms with Crippen LogP contribution in [0.5, 0.6) is 0 Å². The fraction of sp³-hybridized carbons (Fsp3) is 0.533. The van der Waals surface area contributed by atoms with E-state index in [2.05, 4.69) is 6.07 Å². The number of Topliss-reactive ketones (excluding diaryl/α,β-unsaturated/α-hetero) is 2. The van der Waals surface area contributed by atoms with Gasteiger partial charge in [0.15, 0.2) is 11.6 Å². The number of hydrogen-bond acceptors (Lipinski definition) is 3. The van der Waals surface area contributed by atoms with Gasteiger partial charge in [0.1, 0.15) is 5.41 Å². The quantitative estimate of drug-likeness (QED) is 0.483. The Hall–Kier alpha value is -1.69. The molecule has 92 valence electrons. The molecule has 0 spiro atoms. The van der Waals surface area contributed by atoms with Crippen molar-refractivity contribution in [1.29, 1.82) is 5.26 Å². The van der Waals surface area contributed by atoms with Crippen LogP contribution in [0.1, 0.15) is 38.5 Å². The summed E-state index contributed by atoms with van der Waals surface area (Å²) in [4.78, 5) is 24.6. The molecule has 3 aliphatic carbocycles. The van der Waals surface area contributed by atoms with Gasteiger partial charge in [0.05, 0.1) is 17.9 Å². The standard InChI is InChI=1S/C15H15NO2/c16-10-15-8-4-3-7-14(12(17)9-13(15)18)6-2-1-5-11(14)15/h3-5H,1-2,6-9H2/t14-,15-/m0/s1. The molecule has 0 N–H and O–H groups in total. The molecule has 0 aromatic rings. The van der Waals surface area contributed by atoms with Crippen LogP contribution in [0, 0.1) is 22.2 Å². The fourth-order valence-electron chi connectivity index (χ4n) is 3.73. The molecule has 0 unspecified atom stereocenters. The van der Waals surface area contributed by atoms with Gasteiger partial charge in [0, 0.05) is 0 Å². The van der Waals surface area contributed by atoms with Gasteiger partial charge in [-0.25, -0.2) is 0 Å². The van der Waals surface area contributed by atoms with Gasteiger partial charge >= 0.3 is 0 Å². The number of rotatable bonds is 0. The third kappa shape index (κ3) is 1.18. The smallest absolute Gasteiger partial charge is 0.164 e. The molecule has 0 aromatic carbocycles. The van der Waals surface area contributed by atoms with Crippen LogP contribution in [0.3, 0.4) is 0 Å². The molecule has 1 fully saturated rings. The van der Waals surface area contributed by atoms with Gasteiger partial charge in [-0.1, -0.05) is 18.2 Å². The maximum Gasteiger partial charge on any atom is 0.164 e. The van der Waals surface area contributed by atoms with E-state index in [1.54, 1.807) is 0 Å². The first kappa shape index (κ1) is 11.4. The Kier molecular flexibility index (Phi) is 2.31. The van der Waals surface area contributed by atoms with Crippen molar-refractivity contribution >= 4 is 11.6 Å². The summed E-state index contributed by atoms with van der Waals surface area (Å²) in [6.07, 6.45) is 9.55. The highest BCUT2D eigenvalue weighted by molar-refractivity contribution is 6.12. The Bertz CT molecular complexity index is 537. The van der Waals surface area contributed by atoms with E-state index in [4.69, 9.17) is 0 Å². The molecular weight excluding hydrogens is 226 g/mol. The molecular formula is C15H15NO2. The predicted molar refractivity (Wildman–Crippen MR) is 65.4 cm³/mol. The predicted octanol–water partition coefficient (Wildman–Crippen LogP) is 2.48. The summed E-state index contributed by atoms with van der Waals surface area (Å²) in [6.45, 7) is 0. The van der Waals surface area contributed by atoms with Gasteiger partial charge in [-0.2, -0.15) is 5.26 Å². The molecule has 2 bridgehead atoms. The summed E-state index contributed by atoms with van der Waals surface area (Å²) in [7, 11) is 0. The highest BCUT2D eigenvalue weighted by Gasteiger charge is 2.59. The van der Waals surface area contributed by atoms with E-state index < -0.39 is 10.8 Å². The van der Waals surface area contributed by atoms with Crippen LogP contribution in [0.25, 0.3) is 0 Å². The minimum atomic E-state index is -1.05. The SMILES string of the molecule is N#C[C@@]12CC=CC[C@]3(CCCC=C13)C(=O)CC2=O. The summed E-state index contributed by atoms with van der Waals surface area (Å²) in [5, 5.41) is 9.55. The maximum absolute atomic E-state index is 12.4. The average Bonchev–Trinajstić information content (AvgIpc) is 2.53. The van der Waals surface area contributed by atoms with Crippen LogP contribution in [-0.4, -0.2) is 11.6 Å². The van der Waals surface area contributed by atoms with Gasteiger partial charge in [-0.05, 0) is 37.7 Å². The fourth-order valence-corrected chi connectivity index (χ4v) is 3.73. The summed E-state index contributed by atoms with van der Waals surface area (Å²) in [5.41, 5.74) is -0.786.